The van der Waals surface area contributed by atoms with Crippen molar-refractivity contribution in [3.05, 3.63) is 35.3 Å². The molecule has 1 atom stereocenters. The van der Waals surface area contributed by atoms with Gasteiger partial charge < -0.3 is 9.57 Å². The zero-order chi connectivity index (χ0) is 15.6. The molecule has 1 aliphatic heterocycles. The van der Waals surface area contributed by atoms with E-state index in [1.807, 2.05) is 24.3 Å². The molecule has 0 saturated carbocycles. The van der Waals surface area contributed by atoms with Crippen molar-refractivity contribution >= 4 is 28.1 Å². The summed E-state index contributed by atoms with van der Waals surface area (Å²) in [6.07, 6.45) is 0.379. The molecule has 1 aromatic heterocycles. The molecule has 1 aliphatic rings. The Hall–Kier alpha value is -2.48. The summed E-state index contributed by atoms with van der Waals surface area (Å²) in [5.41, 5.74) is 2.11. The Labute approximate surface area is 131 Å². The SMILES string of the molecule is COc1ccc(C2=NOC(C)(C(=O)Nc3nncs3)C2)cc1. The molecule has 0 bridgehead atoms. The summed E-state index contributed by atoms with van der Waals surface area (Å²) >= 11 is 1.25. The second-order valence-electron chi connectivity index (χ2n) is 4.96. The minimum absolute atomic E-state index is 0.295. The van der Waals surface area contributed by atoms with Crippen LogP contribution in [-0.4, -0.2) is 34.5 Å². The number of benzene rings is 1. The van der Waals surface area contributed by atoms with E-state index in [0.717, 1.165) is 17.0 Å². The van der Waals surface area contributed by atoms with Crippen LogP contribution in [0.25, 0.3) is 0 Å². The number of hydrogen-bond acceptors (Lipinski definition) is 7. The van der Waals surface area contributed by atoms with Crippen molar-refractivity contribution < 1.29 is 14.4 Å². The van der Waals surface area contributed by atoms with Crippen LogP contribution in [0.5, 0.6) is 5.75 Å². The van der Waals surface area contributed by atoms with Gasteiger partial charge in [0.15, 0.2) is 0 Å². The normalized spacial score (nSPS) is 20.2. The van der Waals surface area contributed by atoms with Crippen LogP contribution in [0.4, 0.5) is 5.13 Å². The van der Waals surface area contributed by atoms with Gasteiger partial charge in [-0.15, -0.1) is 10.2 Å². The lowest BCUT2D eigenvalue weighted by Gasteiger charge is -2.19. The highest BCUT2D eigenvalue weighted by molar-refractivity contribution is 7.13. The number of aromatic nitrogens is 2. The Morgan fingerprint density at radius 1 is 1.41 bits per heavy atom. The van der Waals surface area contributed by atoms with E-state index in [-0.39, 0.29) is 5.91 Å². The van der Waals surface area contributed by atoms with Gasteiger partial charge >= 0.3 is 0 Å². The third-order valence-corrected chi connectivity index (χ3v) is 3.95. The maximum atomic E-state index is 12.3. The third kappa shape index (κ3) is 2.77. The van der Waals surface area contributed by atoms with Crippen molar-refractivity contribution in [2.75, 3.05) is 12.4 Å². The second-order valence-corrected chi connectivity index (χ2v) is 5.80. The molecule has 2 aromatic rings. The molecular formula is C14H14N4O3S. The Balaban J connectivity index is 1.70. The first-order valence-corrected chi connectivity index (χ1v) is 7.46. The van der Waals surface area contributed by atoms with Crippen LogP contribution in [-0.2, 0) is 9.63 Å². The van der Waals surface area contributed by atoms with E-state index in [0.29, 0.717) is 11.6 Å². The maximum absolute atomic E-state index is 12.3. The lowest BCUT2D eigenvalue weighted by atomic mass is 9.95. The topological polar surface area (TPSA) is 85.7 Å². The smallest absolute Gasteiger partial charge is 0.273 e. The van der Waals surface area contributed by atoms with Gasteiger partial charge in [0.05, 0.1) is 12.8 Å². The van der Waals surface area contributed by atoms with E-state index in [1.54, 1.807) is 19.5 Å². The van der Waals surface area contributed by atoms with Gasteiger partial charge in [-0.25, -0.2) is 0 Å². The van der Waals surface area contributed by atoms with Gasteiger partial charge in [-0.2, -0.15) is 0 Å². The van der Waals surface area contributed by atoms with E-state index >= 15 is 0 Å². The van der Waals surface area contributed by atoms with E-state index in [2.05, 4.69) is 20.7 Å². The summed E-state index contributed by atoms with van der Waals surface area (Å²) in [5, 5.41) is 14.6. The fourth-order valence-electron chi connectivity index (χ4n) is 2.06. The van der Waals surface area contributed by atoms with Crippen molar-refractivity contribution in [3.63, 3.8) is 0 Å². The zero-order valence-corrected chi connectivity index (χ0v) is 12.9. The van der Waals surface area contributed by atoms with Crippen LogP contribution >= 0.6 is 11.3 Å². The molecule has 1 unspecified atom stereocenters. The van der Waals surface area contributed by atoms with Gasteiger partial charge in [0.25, 0.3) is 5.91 Å². The average molecular weight is 318 g/mol. The molecule has 22 heavy (non-hydrogen) atoms. The highest BCUT2D eigenvalue weighted by atomic mass is 32.1. The standard InChI is InChI=1S/C14H14N4O3S/c1-14(12(19)16-13-17-15-8-22-13)7-11(18-21-14)9-3-5-10(20-2)6-4-9/h3-6,8H,7H2,1-2H3,(H,16,17,19). The predicted octanol–water partition coefficient (Wildman–Crippen LogP) is 2.07. The lowest BCUT2D eigenvalue weighted by molar-refractivity contribution is -0.135. The average Bonchev–Trinajstić information content (AvgIpc) is 3.18. The number of nitrogens with one attached hydrogen (secondary N) is 1. The number of methoxy groups -OCH3 is 1. The van der Waals surface area contributed by atoms with Crippen molar-refractivity contribution in [3.8, 4) is 5.75 Å². The Morgan fingerprint density at radius 3 is 2.82 bits per heavy atom. The molecule has 114 valence electrons. The van der Waals surface area contributed by atoms with Gasteiger partial charge in [0.2, 0.25) is 10.7 Å². The van der Waals surface area contributed by atoms with Gasteiger partial charge in [0.1, 0.15) is 11.3 Å². The molecule has 0 aliphatic carbocycles. The zero-order valence-electron chi connectivity index (χ0n) is 12.1. The number of hydrogen-bond donors (Lipinski definition) is 1. The predicted molar refractivity (Wildman–Crippen MR) is 82.2 cm³/mol. The minimum atomic E-state index is -1.05. The van der Waals surface area contributed by atoms with Gasteiger partial charge in [-0.1, -0.05) is 16.5 Å². The summed E-state index contributed by atoms with van der Waals surface area (Å²) < 4.78 is 5.12. The summed E-state index contributed by atoms with van der Waals surface area (Å²) in [6, 6.07) is 7.45. The Kier molecular flexibility index (Phi) is 3.76. The number of rotatable bonds is 4. The number of nitrogens with zero attached hydrogens (tertiary/aromatic N) is 3. The van der Waals surface area contributed by atoms with Crippen LogP contribution in [0, 0.1) is 0 Å². The second kappa shape index (κ2) is 5.72. The van der Waals surface area contributed by atoms with Crippen LogP contribution < -0.4 is 10.1 Å². The lowest BCUT2D eigenvalue weighted by Crippen LogP contribution is -2.40. The van der Waals surface area contributed by atoms with E-state index in [1.165, 1.54) is 11.3 Å². The van der Waals surface area contributed by atoms with Gasteiger partial charge in [-0.3, -0.25) is 10.1 Å². The number of oxime groups is 1. The fraction of sp³-hybridized carbons (Fsp3) is 0.286. The molecule has 0 radical (unpaired) electrons. The molecule has 1 amide bonds. The molecule has 0 fully saturated rings. The molecule has 7 nitrogen and oxygen atoms in total. The Bertz CT molecular complexity index is 699. The van der Waals surface area contributed by atoms with Crippen molar-refractivity contribution in [2.24, 2.45) is 5.16 Å². The molecular weight excluding hydrogens is 304 g/mol. The highest BCUT2D eigenvalue weighted by Crippen LogP contribution is 2.28. The van der Waals surface area contributed by atoms with E-state index in [4.69, 9.17) is 9.57 Å². The highest BCUT2D eigenvalue weighted by Gasteiger charge is 2.42. The maximum Gasteiger partial charge on any atom is 0.273 e. The molecule has 1 aromatic carbocycles. The molecule has 1 N–H and O–H groups in total. The van der Waals surface area contributed by atoms with Gasteiger partial charge in [-0.05, 0) is 36.8 Å². The third-order valence-electron chi connectivity index (χ3n) is 3.35. The summed E-state index contributed by atoms with van der Waals surface area (Å²) in [4.78, 5) is 17.7. The number of anilines is 1. The van der Waals surface area contributed by atoms with Crippen LogP contribution in [0.3, 0.4) is 0 Å². The van der Waals surface area contributed by atoms with E-state index < -0.39 is 5.60 Å². The van der Waals surface area contributed by atoms with Crippen LogP contribution in [0.1, 0.15) is 18.9 Å². The molecule has 3 rings (SSSR count). The molecule has 0 saturated heterocycles. The number of carbonyl (C=O) groups excluding carboxylic acids is 1. The monoisotopic (exact) mass is 318 g/mol. The van der Waals surface area contributed by atoms with Crippen molar-refractivity contribution in [1.82, 2.24) is 10.2 Å². The number of carbonyl (C=O) groups is 1. The molecule has 0 spiro atoms. The first-order chi connectivity index (χ1) is 10.6. The quantitative estimate of drug-likeness (QED) is 0.932. The first kappa shape index (κ1) is 14.5. The summed E-state index contributed by atoms with van der Waals surface area (Å²) in [7, 11) is 1.61. The fourth-order valence-corrected chi connectivity index (χ4v) is 2.50. The van der Waals surface area contributed by atoms with Gasteiger partial charge in [0, 0.05) is 6.42 Å². The molecule has 8 heteroatoms. The molecule has 2 heterocycles. The first-order valence-electron chi connectivity index (χ1n) is 6.58. The number of ether oxygens (including phenoxy) is 1. The summed E-state index contributed by atoms with van der Waals surface area (Å²) in [5.74, 6) is 0.469. The summed E-state index contributed by atoms with van der Waals surface area (Å²) in [6.45, 7) is 1.70. The Morgan fingerprint density at radius 2 is 2.18 bits per heavy atom. The number of amides is 1. The largest absolute Gasteiger partial charge is 0.497 e. The van der Waals surface area contributed by atoms with Crippen molar-refractivity contribution in [2.45, 2.75) is 18.9 Å². The minimum Gasteiger partial charge on any atom is -0.497 e. The van der Waals surface area contributed by atoms with Crippen LogP contribution in [0.2, 0.25) is 0 Å². The van der Waals surface area contributed by atoms with Crippen LogP contribution in [0.15, 0.2) is 34.9 Å². The van der Waals surface area contributed by atoms with E-state index in [9.17, 15) is 4.79 Å². The van der Waals surface area contributed by atoms with Crippen molar-refractivity contribution in [1.29, 1.82) is 0 Å².